The molecule has 2 aromatic rings. The van der Waals surface area contributed by atoms with E-state index in [2.05, 4.69) is 15.5 Å². The van der Waals surface area contributed by atoms with Gasteiger partial charge in [0, 0.05) is 19.0 Å². The minimum Gasteiger partial charge on any atom is -0.493 e. The highest BCUT2D eigenvalue weighted by Crippen LogP contribution is 2.29. The van der Waals surface area contributed by atoms with E-state index in [1.807, 2.05) is 0 Å². The number of ether oxygens (including phenoxy) is 2. The third kappa shape index (κ3) is 4.91. The fourth-order valence-electron chi connectivity index (χ4n) is 3.25. The fraction of sp³-hybridized carbons (Fsp3) is 0.286. The molecule has 2 aromatic carbocycles. The predicted molar refractivity (Wildman–Crippen MR) is 117 cm³/mol. The molecule has 0 aliphatic carbocycles. The molecule has 1 fully saturated rings. The molecule has 33 heavy (non-hydrogen) atoms. The summed E-state index contributed by atoms with van der Waals surface area (Å²) in [7, 11) is -1.14. The third-order valence-corrected chi connectivity index (χ3v) is 6.55. The Balaban J connectivity index is 1.59. The number of urea groups is 1. The zero-order valence-corrected chi connectivity index (χ0v) is 19.1. The van der Waals surface area contributed by atoms with Gasteiger partial charge in [0.2, 0.25) is 15.9 Å². The molecule has 0 spiro atoms. The second kappa shape index (κ2) is 9.46. The number of nitrogens with zero attached hydrogens (tertiary/aromatic N) is 1. The summed E-state index contributed by atoms with van der Waals surface area (Å²) in [6, 6.07) is 11.9. The molecular weight excluding hydrogens is 452 g/mol. The minimum absolute atomic E-state index is 0.0757. The number of amides is 4. The summed E-state index contributed by atoms with van der Waals surface area (Å²) in [5, 5.41) is 3.16. The van der Waals surface area contributed by atoms with Gasteiger partial charge >= 0.3 is 6.03 Å². The van der Waals surface area contributed by atoms with E-state index < -0.39 is 33.4 Å². The van der Waals surface area contributed by atoms with E-state index in [0.29, 0.717) is 16.3 Å². The van der Waals surface area contributed by atoms with Crippen molar-refractivity contribution in [1.29, 1.82) is 0 Å². The van der Waals surface area contributed by atoms with Crippen molar-refractivity contribution < 1.29 is 32.3 Å². The van der Waals surface area contributed by atoms with Crippen LogP contribution in [0, 0.1) is 0 Å². The molecule has 0 bridgehead atoms. The van der Waals surface area contributed by atoms with E-state index in [-0.39, 0.29) is 23.6 Å². The van der Waals surface area contributed by atoms with Gasteiger partial charge in [-0.2, -0.15) is 5.01 Å². The van der Waals surface area contributed by atoms with Gasteiger partial charge in [-0.3, -0.25) is 15.0 Å². The van der Waals surface area contributed by atoms with Crippen molar-refractivity contribution in [2.75, 3.05) is 20.8 Å². The van der Waals surface area contributed by atoms with Crippen LogP contribution in [-0.4, -0.2) is 52.0 Å². The standard InChI is InChI=1S/C21H24N4O7S/c1-21(14-7-5-4-6-8-14)19(27)25(20(28)23-21)24-18(26)11-12-22-33(29,30)15-9-10-16(31-2)17(13-15)32-3/h4-10,13,22H,11-12H2,1-3H3,(H,23,28)(H,24,26). The van der Waals surface area contributed by atoms with Crippen molar-refractivity contribution >= 4 is 27.9 Å². The number of benzene rings is 2. The van der Waals surface area contributed by atoms with Crippen molar-refractivity contribution in [1.82, 2.24) is 20.5 Å². The number of carbonyl (C=O) groups is 3. The van der Waals surface area contributed by atoms with Gasteiger partial charge < -0.3 is 14.8 Å². The molecule has 3 rings (SSSR count). The van der Waals surface area contributed by atoms with Crippen LogP contribution < -0.4 is 24.9 Å². The van der Waals surface area contributed by atoms with Gasteiger partial charge in [-0.05, 0) is 24.6 Å². The molecule has 1 unspecified atom stereocenters. The van der Waals surface area contributed by atoms with Crippen LogP contribution in [0.1, 0.15) is 18.9 Å². The molecule has 3 N–H and O–H groups in total. The largest absolute Gasteiger partial charge is 0.493 e. The number of sulfonamides is 1. The molecule has 1 saturated heterocycles. The zero-order chi connectivity index (χ0) is 24.2. The molecule has 1 aliphatic rings. The van der Waals surface area contributed by atoms with Gasteiger partial charge in [0.25, 0.3) is 5.91 Å². The Kier molecular flexibility index (Phi) is 6.89. The summed E-state index contributed by atoms with van der Waals surface area (Å²) in [6.45, 7) is 1.27. The second-order valence-electron chi connectivity index (χ2n) is 7.26. The molecule has 1 heterocycles. The lowest BCUT2D eigenvalue weighted by atomic mass is 9.92. The normalized spacial score (nSPS) is 18.1. The van der Waals surface area contributed by atoms with Gasteiger partial charge in [0.05, 0.1) is 19.1 Å². The highest BCUT2D eigenvalue weighted by Gasteiger charge is 2.49. The van der Waals surface area contributed by atoms with Crippen LogP contribution in [0.2, 0.25) is 0 Å². The lowest BCUT2D eigenvalue weighted by Crippen LogP contribution is -2.48. The van der Waals surface area contributed by atoms with E-state index in [0.717, 1.165) is 0 Å². The Morgan fingerprint density at radius 3 is 2.36 bits per heavy atom. The molecule has 1 aliphatic heterocycles. The molecule has 0 radical (unpaired) electrons. The second-order valence-corrected chi connectivity index (χ2v) is 9.03. The smallest absolute Gasteiger partial charge is 0.344 e. The van der Waals surface area contributed by atoms with Gasteiger partial charge in [-0.1, -0.05) is 30.3 Å². The van der Waals surface area contributed by atoms with E-state index in [1.54, 1.807) is 30.3 Å². The first-order valence-electron chi connectivity index (χ1n) is 9.86. The van der Waals surface area contributed by atoms with Crippen LogP contribution in [0.5, 0.6) is 11.5 Å². The SMILES string of the molecule is COc1ccc(S(=O)(=O)NCCC(=O)NN2C(=O)NC(C)(c3ccccc3)C2=O)cc1OC. The maximum atomic E-state index is 12.8. The lowest BCUT2D eigenvalue weighted by Gasteiger charge is -2.22. The van der Waals surface area contributed by atoms with Crippen molar-refractivity contribution in [3.8, 4) is 11.5 Å². The first kappa shape index (κ1) is 24.0. The van der Waals surface area contributed by atoms with E-state index in [4.69, 9.17) is 9.47 Å². The fourth-order valence-corrected chi connectivity index (χ4v) is 4.30. The number of hydrogen-bond acceptors (Lipinski definition) is 7. The van der Waals surface area contributed by atoms with Crippen LogP contribution in [-0.2, 0) is 25.2 Å². The maximum Gasteiger partial charge on any atom is 0.344 e. The topological polar surface area (TPSA) is 143 Å². The van der Waals surface area contributed by atoms with Crippen LogP contribution in [0.15, 0.2) is 53.4 Å². The van der Waals surface area contributed by atoms with Crippen LogP contribution in [0.3, 0.4) is 0 Å². The molecule has 1 atom stereocenters. The number of nitrogens with one attached hydrogen (secondary N) is 3. The highest BCUT2D eigenvalue weighted by molar-refractivity contribution is 7.89. The Morgan fingerprint density at radius 1 is 1.06 bits per heavy atom. The molecular formula is C21H24N4O7S. The summed E-state index contributed by atoms with van der Waals surface area (Å²) < 4.78 is 37.5. The lowest BCUT2D eigenvalue weighted by molar-refractivity contribution is -0.138. The average Bonchev–Trinajstić information content (AvgIpc) is 3.02. The summed E-state index contributed by atoms with van der Waals surface area (Å²) >= 11 is 0. The van der Waals surface area contributed by atoms with Crippen molar-refractivity contribution in [3.05, 3.63) is 54.1 Å². The molecule has 176 valence electrons. The number of carbonyl (C=O) groups excluding carboxylic acids is 3. The van der Waals surface area contributed by atoms with Crippen LogP contribution in [0.4, 0.5) is 4.79 Å². The van der Waals surface area contributed by atoms with Crippen molar-refractivity contribution in [3.63, 3.8) is 0 Å². The zero-order valence-electron chi connectivity index (χ0n) is 18.2. The first-order chi connectivity index (χ1) is 15.6. The number of hydrogen-bond donors (Lipinski definition) is 3. The first-order valence-corrected chi connectivity index (χ1v) is 11.3. The number of imide groups is 1. The predicted octanol–water partition coefficient (Wildman–Crippen LogP) is 0.871. The summed E-state index contributed by atoms with van der Waals surface area (Å²) in [5.41, 5.74) is 1.45. The Labute approximate surface area is 191 Å². The quantitative estimate of drug-likeness (QED) is 0.456. The van der Waals surface area contributed by atoms with Crippen molar-refractivity contribution in [2.24, 2.45) is 0 Å². The molecule has 11 nitrogen and oxygen atoms in total. The Morgan fingerprint density at radius 2 is 1.73 bits per heavy atom. The van der Waals surface area contributed by atoms with E-state index in [9.17, 15) is 22.8 Å². The summed E-state index contributed by atoms with van der Waals surface area (Å²) in [5.74, 6) is -0.770. The van der Waals surface area contributed by atoms with E-state index in [1.165, 1.54) is 39.3 Å². The maximum absolute atomic E-state index is 12.8. The Bertz CT molecular complexity index is 1170. The summed E-state index contributed by atoms with van der Waals surface area (Å²) in [4.78, 5) is 37.3. The highest BCUT2D eigenvalue weighted by atomic mass is 32.2. The number of rotatable bonds is 9. The van der Waals surface area contributed by atoms with Gasteiger partial charge in [0.1, 0.15) is 5.54 Å². The number of hydrazine groups is 1. The van der Waals surface area contributed by atoms with Gasteiger partial charge in [-0.25, -0.2) is 17.9 Å². The summed E-state index contributed by atoms with van der Waals surface area (Å²) in [6.07, 6.45) is -0.314. The monoisotopic (exact) mass is 476 g/mol. The van der Waals surface area contributed by atoms with Gasteiger partial charge in [-0.15, -0.1) is 0 Å². The minimum atomic E-state index is -3.94. The molecule has 0 aromatic heterocycles. The van der Waals surface area contributed by atoms with Crippen LogP contribution >= 0.6 is 0 Å². The molecule has 4 amide bonds. The Hall–Kier alpha value is -3.64. The van der Waals surface area contributed by atoms with Crippen LogP contribution in [0.25, 0.3) is 0 Å². The molecule has 0 saturated carbocycles. The van der Waals surface area contributed by atoms with Crippen molar-refractivity contribution in [2.45, 2.75) is 23.8 Å². The van der Waals surface area contributed by atoms with E-state index >= 15 is 0 Å². The average molecular weight is 477 g/mol. The third-order valence-electron chi connectivity index (χ3n) is 5.09. The number of methoxy groups -OCH3 is 2. The molecule has 12 heteroatoms. The van der Waals surface area contributed by atoms with Gasteiger partial charge in [0.15, 0.2) is 11.5 Å².